The third-order valence-electron chi connectivity index (χ3n) is 3.58. The molecular formula is C13H29ClN2O. The Hall–Kier alpha value is 0.170. The molecule has 0 bridgehead atoms. The van der Waals surface area contributed by atoms with Crippen LogP contribution in [0.5, 0.6) is 0 Å². The summed E-state index contributed by atoms with van der Waals surface area (Å²) in [7, 11) is 1.80. The van der Waals surface area contributed by atoms with Gasteiger partial charge in [0.25, 0.3) is 0 Å². The van der Waals surface area contributed by atoms with Gasteiger partial charge in [0.05, 0.1) is 6.10 Å². The summed E-state index contributed by atoms with van der Waals surface area (Å²) in [6.45, 7) is 11.4. The number of hydrogen-bond donors (Lipinski definition) is 1. The van der Waals surface area contributed by atoms with Crippen LogP contribution in [-0.2, 0) is 4.74 Å². The van der Waals surface area contributed by atoms with Crippen molar-refractivity contribution in [3.05, 3.63) is 0 Å². The second-order valence-electron chi connectivity index (χ2n) is 5.29. The van der Waals surface area contributed by atoms with Crippen LogP contribution in [0.15, 0.2) is 0 Å². The minimum absolute atomic E-state index is 0. The molecule has 1 saturated heterocycles. The van der Waals surface area contributed by atoms with Crippen LogP contribution in [0.4, 0.5) is 0 Å². The number of ether oxygens (including phenoxy) is 1. The first-order valence-electron chi connectivity index (χ1n) is 6.61. The Morgan fingerprint density at radius 3 is 2.29 bits per heavy atom. The summed E-state index contributed by atoms with van der Waals surface area (Å²) < 4.78 is 5.37. The van der Waals surface area contributed by atoms with Gasteiger partial charge in [0.1, 0.15) is 0 Å². The molecule has 1 rings (SSSR count). The fourth-order valence-corrected chi connectivity index (χ4v) is 2.30. The van der Waals surface area contributed by atoms with E-state index in [1.807, 2.05) is 0 Å². The van der Waals surface area contributed by atoms with E-state index in [4.69, 9.17) is 4.74 Å². The molecule has 0 aliphatic carbocycles. The summed E-state index contributed by atoms with van der Waals surface area (Å²) in [6.07, 6.45) is 2.99. The quantitative estimate of drug-likeness (QED) is 0.796. The second-order valence-corrected chi connectivity index (χ2v) is 5.29. The molecule has 1 fully saturated rings. The van der Waals surface area contributed by atoms with E-state index in [0.29, 0.717) is 12.1 Å². The van der Waals surface area contributed by atoms with E-state index < -0.39 is 0 Å². The molecule has 1 atom stereocenters. The maximum absolute atomic E-state index is 5.37. The third-order valence-corrected chi connectivity index (χ3v) is 3.58. The average molecular weight is 265 g/mol. The highest BCUT2D eigenvalue weighted by Gasteiger charge is 2.20. The van der Waals surface area contributed by atoms with Crippen molar-refractivity contribution in [2.45, 2.75) is 45.8 Å². The second kappa shape index (κ2) is 9.15. The first-order valence-corrected chi connectivity index (χ1v) is 6.61. The van der Waals surface area contributed by atoms with Crippen LogP contribution in [-0.4, -0.2) is 50.3 Å². The van der Waals surface area contributed by atoms with E-state index in [9.17, 15) is 0 Å². The molecule has 0 aromatic carbocycles. The molecule has 4 heteroatoms. The molecule has 1 aliphatic rings. The Bertz CT molecular complexity index is 184. The maximum atomic E-state index is 5.37. The summed E-state index contributed by atoms with van der Waals surface area (Å²) in [5, 5.41) is 3.43. The lowest BCUT2D eigenvalue weighted by atomic mass is 9.97. The third kappa shape index (κ3) is 6.61. The predicted molar refractivity (Wildman–Crippen MR) is 76.0 cm³/mol. The largest absolute Gasteiger partial charge is 0.380 e. The first kappa shape index (κ1) is 17.2. The fourth-order valence-electron chi connectivity index (χ4n) is 2.30. The van der Waals surface area contributed by atoms with Crippen molar-refractivity contribution in [3.8, 4) is 0 Å². The van der Waals surface area contributed by atoms with Crippen molar-refractivity contribution < 1.29 is 4.74 Å². The highest BCUT2D eigenvalue weighted by molar-refractivity contribution is 5.85. The van der Waals surface area contributed by atoms with Gasteiger partial charge >= 0.3 is 0 Å². The van der Waals surface area contributed by atoms with Crippen LogP contribution in [0, 0.1) is 5.92 Å². The van der Waals surface area contributed by atoms with Crippen molar-refractivity contribution in [3.63, 3.8) is 0 Å². The molecule has 0 spiro atoms. The van der Waals surface area contributed by atoms with Crippen LogP contribution in [0.2, 0.25) is 0 Å². The molecule has 104 valence electrons. The van der Waals surface area contributed by atoms with E-state index in [1.165, 1.54) is 32.5 Å². The molecule has 0 aromatic heterocycles. The standard InChI is InChI=1S/C13H28N2O.ClH/c1-11(2)15(9-12(3)16-4)10-13-5-7-14-8-6-13;/h11-14H,5-10H2,1-4H3;1H. The zero-order valence-corrected chi connectivity index (χ0v) is 12.6. The van der Waals surface area contributed by atoms with Crippen LogP contribution in [0.1, 0.15) is 33.6 Å². The SMILES string of the molecule is COC(C)CN(CC1CCNCC1)C(C)C.Cl. The Morgan fingerprint density at radius 1 is 1.24 bits per heavy atom. The summed E-state index contributed by atoms with van der Waals surface area (Å²) in [5.41, 5.74) is 0. The van der Waals surface area contributed by atoms with Gasteiger partial charge < -0.3 is 10.1 Å². The molecule has 1 unspecified atom stereocenters. The summed E-state index contributed by atoms with van der Waals surface area (Å²) >= 11 is 0. The number of piperidine rings is 1. The van der Waals surface area contributed by atoms with Gasteiger partial charge in [0, 0.05) is 26.2 Å². The lowest BCUT2D eigenvalue weighted by Gasteiger charge is -2.34. The van der Waals surface area contributed by atoms with Gasteiger partial charge in [0.2, 0.25) is 0 Å². The van der Waals surface area contributed by atoms with Crippen molar-refractivity contribution in [1.29, 1.82) is 0 Å². The van der Waals surface area contributed by atoms with Gasteiger partial charge in [0.15, 0.2) is 0 Å². The normalized spacial score (nSPS) is 19.4. The predicted octanol–water partition coefficient (Wildman–Crippen LogP) is 2.15. The molecule has 3 nitrogen and oxygen atoms in total. The molecule has 0 saturated carbocycles. The van der Waals surface area contributed by atoms with Gasteiger partial charge in [-0.05, 0) is 52.6 Å². The summed E-state index contributed by atoms with van der Waals surface area (Å²) in [5.74, 6) is 0.868. The van der Waals surface area contributed by atoms with Crippen LogP contribution < -0.4 is 5.32 Å². The minimum atomic E-state index is 0. The van der Waals surface area contributed by atoms with Crippen molar-refractivity contribution in [1.82, 2.24) is 10.2 Å². The number of nitrogens with one attached hydrogen (secondary N) is 1. The molecular weight excluding hydrogens is 236 g/mol. The molecule has 17 heavy (non-hydrogen) atoms. The summed E-state index contributed by atoms with van der Waals surface area (Å²) in [4.78, 5) is 2.56. The minimum Gasteiger partial charge on any atom is -0.380 e. The Morgan fingerprint density at radius 2 is 1.82 bits per heavy atom. The number of rotatable bonds is 6. The first-order chi connectivity index (χ1) is 7.63. The molecule has 0 radical (unpaired) electrons. The van der Waals surface area contributed by atoms with Crippen molar-refractivity contribution in [2.24, 2.45) is 5.92 Å². The average Bonchev–Trinajstić information content (AvgIpc) is 2.29. The molecule has 1 heterocycles. The maximum Gasteiger partial charge on any atom is 0.0670 e. The number of hydrogen-bond acceptors (Lipinski definition) is 3. The van der Waals surface area contributed by atoms with E-state index >= 15 is 0 Å². The van der Waals surface area contributed by atoms with Gasteiger partial charge in [-0.15, -0.1) is 12.4 Å². The molecule has 0 amide bonds. The molecule has 0 aromatic rings. The highest BCUT2D eigenvalue weighted by atomic mass is 35.5. The van der Waals surface area contributed by atoms with E-state index in [2.05, 4.69) is 31.0 Å². The van der Waals surface area contributed by atoms with Crippen molar-refractivity contribution >= 4 is 12.4 Å². The van der Waals surface area contributed by atoms with Gasteiger partial charge in [-0.2, -0.15) is 0 Å². The smallest absolute Gasteiger partial charge is 0.0670 e. The van der Waals surface area contributed by atoms with Gasteiger partial charge in [-0.3, -0.25) is 4.90 Å². The van der Waals surface area contributed by atoms with E-state index in [1.54, 1.807) is 7.11 Å². The molecule has 1 N–H and O–H groups in total. The Balaban J connectivity index is 0.00000256. The topological polar surface area (TPSA) is 24.5 Å². The zero-order chi connectivity index (χ0) is 12.0. The zero-order valence-electron chi connectivity index (χ0n) is 11.7. The van der Waals surface area contributed by atoms with Gasteiger partial charge in [-0.25, -0.2) is 0 Å². The van der Waals surface area contributed by atoms with Gasteiger partial charge in [-0.1, -0.05) is 0 Å². The monoisotopic (exact) mass is 264 g/mol. The number of halogens is 1. The Kier molecular flexibility index (Phi) is 9.24. The van der Waals surface area contributed by atoms with Crippen LogP contribution >= 0.6 is 12.4 Å². The highest BCUT2D eigenvalue weighted by Crippen LogP contribution is 2.15. The fraction of sp³-hybridized carbons (Fsp3) is 1.00. The Labute approximate surface area is 113 Å². The number of nitrogens with zero attached hydrogens (tertiary/aromatic N) is 1. The van der Waals surface area contributed by atoms with Crippen LogP contribution in [0.3, 0.4) is 0 Å². The number of methoxy groups -OCH3 is 1. The lowest BCUT2D eigenvalue weighted by Crippen LogP contribution is -2.42. The lowest BCUT2D eigenvalue weighted by molar-refractivity contribution is 0.0556. The molecule has 1 aliphatic heterocycles. The van der Waals surface area contributed by atoms with Crippen LogP contribution in [0.25, 0.3) is 0 Å². The summed E-state index contributed by atoms with van der Waals surface area (Å²) in [6, 6.07) is 0.618. The van der Waals surface area contributed by atoms with E-state index in [0.717, 1.165) is 12.5 Å². The van der Waals surface area contributed by atoms with Crippen molar-refractivity contribution in [2.75, 3.05) is 33.3 Å². The van der Waals surface area contributed by atoms with E-state index in [-0.39, 0.29) is 12.4 Å².